The normalized spacial score (nSPS) is 13.1. The Balaban J connectivity index is 1.66. The Hall–Kier alpha value is -4.18. The molecule has 7 nitrogen and oxygen atoms in total. The number of piperidine rings is 1. The third-order valence-electron chi connectivity index (χ3n) is 5.78. The predicted octanol–water partition coefficient (Wildman–Crippen LogP) is 5.73. The second-order valence-electron chi connectivity index (χ2n) is 8.18. The molecule has 0 atom stereocenters. The smallest absolute Gasteiger partial charge is 0.227 e. The number of allylic oxidation sites excluding steroid dienone is 1. The highest BCUT2D eigenvalue weighted by Gasteiger charge is 2.15. The fourth-order valence-corrected chi connectivity index (χ4v) is 4.10. The zero-order chi connectivity index (χ0) is 23.9. The lowest BCUT2D eigenvalue weighted by molar-refractivity contribution is -0.114. The zero-order valence-corrected chi connectivity index (χ0v) is 19.3. The lowest BCUT2D eigenvalue weighted by atomic mass is 10.0. The van der Waals surface area contributed by atoms with Crippen molar-refractivity contribution in [2.75, 3.05) is 30.4 Å². The van der Waals surface area contributed by atoms with E-state index in [9.17, 15) is 4.79 Å². The van der Waals surface area contributed by atoms with E-state index in [0.717, 1.165) is 24.3 Å². The van der Waals surface area contributed by atoms with Gasteiger partial charge >= 0.3 is 0 Å². The minimum Gasteiger partial charge on any atom is -0.493 e. The number of benzene rings is 2. The van der Waals surface area contributed by atoms with E-state index < -0.39 is 0 Å². The summed E-state index contributed by atoms with van der Waals surface area (Å²) in [6.07, 6.45) is 6.78. The molecule has 7 heteroatoms. The number of ether oxygens (including phenoxy) is 1. The summed E-state index contributed by atoms with van der Waals surface area (Å²) >= 11 is 0. The van der Waals surface area contributed by atoms with E-state index >= 15 is 0 Å². The first-order valence-electron chi connectivity index (χ1n) is 11.3. The summed E-state index contributed by atoms with van der Waals surface area (Å²) in [6, 6.07) is 13.5. The molecule has 0 unspecified atom stereocenters. The van der Waals surface area contributed by atoms with Gasteiger partial charge in [0.15, 0.2) is 17.2 Å². The van der Waals surface area contributed by atoms with Gasteiger partial charge in [0.05, 0.1) is 19.9 Å². The Morgan fingerprint density at radius 1 is 1.24 bits per heavy atom. The SMILES string of the molecule is [C-]#[N+]c1cc(CC(=O)C=C)cc(-c2nc(Nc3cccc(N4CCCCC4)c3)ncc2OC)c1. The fraction of sp³-hybridized carbons (Fsp3) is 0.259. The molecule has 2 heterocycles. The molecule has 172 valence electrons. The predicted molar refractivity (Wildman–Crippen MR) is 135 cm³/mol. The first-order chi connectivity index (χ1) is 16.6. The van der Waals surface area contributed by atoms with Crippen LogP contribution < -0.4 is 15.0 Å². The number of aromatic nitrogens is 2. The molecule has 1 aromatic heterocycles. The third kappa shape index (κ3) is 5.41. The highest BCUT2D eigenvalue weighted by Crippen LogP contribution is 2.33. The lowest BCUT2D eigenvalue weighted by Crippen LogP contribution is -2.29. The van der Waals surface area contributed by atoms with E-state index in [1.165, 1.54) is 31.0 Å². The standard InChI is InChI=1S/C27H27N5O2/c1-4-24(33)15-19-13-20(16-22(14-19)28-2)26-25(34-3)18-29-27(31-26)30-21-9-8-10-23(17-21)32-11-6-5-7-12-32/h4,8-10,13-14,16-18H,1,5-7,11-12,15H2,3H3,(H,29,30,31). The first kappa shape index (κ1) is 23.0. The van der Waals surface area contributed by atoms with E-state index in [1.54, 1.807) is 25.4 Å². The van der Waals surface area contributed by atoms with Crippen LogP contribution in [0.3, 0.4) is 0 Å². The van der Waals surface area contributed by atoms with Gasteiger partial charge in [0.2, 0.25) is 5.95 Å². The molecule has 3 aromatic rings. The molecular formula is C27H27N5O2. The summed E-state index contributed by atoms with van der Waals surface area (Å²) in [5, 5.41) is 3.30. The summed E-state index contributed by atoms with van der Waals surface area (Å²) in [7, 11) is 1.55. The maximum atomic E-state index is 11.9. The van der Waals surface area contributed by atoms with Crippen LogP contribution in [0.15, 0.2) is 61.3 Å². The summed E-state index contributed by atoms with van der Waals surface area (Å²) < 4.78 is 5.50. The number of hydrogen-bond donors (Lipinski definition) is 1. The number of rotatable bonds is 8. The molecule has 4 rings (SSSR count). The molecule has 1 saturated heterocycles. The van der Waals surface area contributed by atoms with Gasteiger partial charge in [0.25, 0.3) is 0 Å². The number of anilines is 3. The Morgan fingerprint density at radius 2 is 2.06 bits per heavy atom. The van der Waals surface area contributed by atoms with Crippen molar-refractivity contribution in [3.05, 3.63) is 78.3 Å². The van der Waals surface area contributed by atoms with Gasteiger partial charge in [-0.2, -0.15) is 0 Å². The molecule has 34 heavy (non-hydrogen) atoms. The van der Waals surface area contributed by atoms with E-state index in [0.29, 0.717) is 28.6 Å². The Morgan fingerprint density at radius 3 is 2.79 bits per heavy atom. The molecule has 0 bridgehead atoms. The molecule has 0 amide bonds. The van der Waals surface area contributed by atoms with Crippen LogP contribution in [0.4, 0.5) is 23.0 Å². The van der Waals surface area contributed by atoms with E-state index in [2.05, 4.69) is 38.8 Å². The van der Waals surface area contributed by atoms with Gasteiger partial charge in [-0.25, -0.2) is 14.8 Å². The summed E-state index contributed by atoms with van der Waals surface area (Å²) in [5.41, 5.74) is 4.45. The zero-order valence-electron chi connectivity index (χ0n) is 19.3. The molecule has 1 N–H and O–H groups in total. The molecule has 1 aliphatic rings. The average Bonchev–Trinajstić information content (AvgIpc) is 2.89. The van der Waals surface area contributed by atoms with Gasteiger partial charge < -0.3 is 15.0 Å². The molecule has 0 spiro atoms. The van der Waals surface area contributed by atoms with Crippen LogP contribution in [0.25, 0.3) is 16.1 Å². The van der Waals surface area contributed by atoms with Crippen LogP contribution in [-0.2, 0) is 11.2 Å². The molecular weight excluding hydrogens is 426 g/mol. The van der Waals surface area contributed by atoms with Crippen LogP contribution in [0.2, 0.25) is 0 Å². The van der Waals surface area contributed by atoms with Gasteiger partial charge in [-0.05, 0) is 55.2 Å². The number of hydrogen-bond acceptors (Lipinski definition) is 6. The molecule has 1 fully saturated rings. The number of carbonyl (C=O) groups excluding carboxylic acids is 1. The Labute approximate surface area is 199 Å². The van der Waals surface area contributed by atoms with Gasteiger partial charge in [0.1, 0.15) is 5.69 Å². The van der Waals surface area contributed by atoms with E-state index in [4.69, 9.17) is 16.3 Å². The van der Waals surface area contributed by atoms with Gasteiger partial charge in [-0.1, -0.05) is 30.3 Å². The van der Waals surface area contributed by atoms with Crippen molar-refractivity contribution in [3.8, 4) is 17.0 Å². The Bertz CT molecular complexity index is 1240. The van der Waals surface area contributed by atoms with Crippen molar-refractivity contribution in [2.24, 2.45) is 0 Å². The monoisotopic (exact) mass is 453 g/mol. The largest absolute Gasteiger partial charge is 0.493 e. The number of carbonyl (C=O) groups is 1. The van der Waals surface area contributed by atoms with Crippen molar-refractivity contribution >= 4 is 28.8 Å². The van der Waals surface area contributed by atoms with Crippen molar-refractivity contribution in [2.45, 2.75) is 25.7 Å². The third-order valence-corrected chi connectivity index (χ3v) is 5.78. The highest BCUT2D eigenvalue weighted by atomic mass is 16.5. The van der Waals surface area contributed by atoms with Crippen LogP contribution >= 0.6 is 0 Å². The van der Waals surface area contributed by atoms with E-state index in [-0.39, 0.29) is 12.2 Å². The first-order valence-corrected chi connectivity index (χ1v) is 11.3. The van der Waals surface area contributed by atoms with Crippen molar-refractivity contribution in [3.63, 3.8) is 0 Å². The van der Waals surface area contributed by atoms with Crippen molar-refractivity contribution < 1.29 is 9.53 Å². The summed E-state index contributed by atoms with van der Waals surface area (Å²) in [5.74, 6) is 0.790. The number of ketones is 1. The van der Waals surface area contributed by atoms with Gasteiger partial charge in [-0.15, -0.1) is 0 Å². The maximum absolute atomic E-state index is 11.9. The van der Waals surface area contributed by atoms with Crippen molar-refractivity contribution in [1.29, 1.82) is 0 Å². The minimum absolute atomic E-state index is 0.112. The lowest BCUT2D eigenvalue weighted by Gasteiger charge is -2.29. The minimum atomic E-state index is -0.112. The molecule has 0 saturated carbocycles. The summed E-state index contributed by atoms with van der Waals surface area (Å²) in [6.45, 7) is 13.1. The molecule has 0 aliphatic carbocycles. The Kier molecular flexibility index (Phi) is 7.19. The maximum Gasteiger partial charge on any atom is 0.227 e. The second kappa shape index (κ2) is 10.6. The summed E-state index contributed by atoms with van der Waals surface area (Å²) in [4.78, 5) is 27.0. The number of methoxy groups -OCH3 is 1. The highest BCUT2D eigenvalue weighted by molar-refractivity contribution is 5.91. The van der Waals surface area contributed by atoms with Gasteiger partial charge in [-0.3, -0.25) is 4.79 Å². The van der Waals surface area contributed by atoms with E-state index in [1.807, 2.05) is 18.2 Å². The molecule has 0 radical (unpaired) electrons. The molecule has 2 aromatic carbocycles. The molecule has 1 aliphatic heterocycles. The second-order valence-corrected chi connectivity index (χ2v) is 8.18. The quantitative estimate of drug-likeness (QED) is 0.347. The van der Waals surface area contributed by atoms with Crippen LogP contribution in [-0.4, -0.2) is 36.0 Å². The fourth-order valence-electron chi connectivity index (χ4n) is 4.10. The number of nitrogens with one attached hydrogen (secondary N) is 1. The van der Waals surface area contributed by atoms with Crippen LogP contribution in [0.5, 0.6) is 5.75 Å². The average molecular weight is 454 g/mol. The van der Waals surface area contributed by atoms with Gasteiger partial charge in [0, 0.05) is 30.9 Å². The topological polar surface area (TPSA) is 71.7 Å². The van der Waals surface area contributed by atoms with Crippen LogP contribution in [0.1, 0.15) is 24.8 Å². The van der Waals surface area contributed by atoms with Crippen molar-refractivity contribution in [1.82, 2.24) is 9.97 Å². The van der Waals surface area contributed by atoms with Crippen LogP contribution in [0, 0.1) is 6.57 Å². The number of nitrogens with zero attached hydrogens (tertiary/aromatic N) is 4.